The molecule has 1 aromatic carbocycles. The Balaban J connectivity index is 1.90. The summed E-state index contributed by atoms with van der Waals surface area (Å²) in [5.41, 5.74) is 2.22. The predicted molar refractivity (Wildman–Crippen MR) is 78.6 cm³/mol. The SMILES string of the molecule is Cc1ccc(C(=O)N2CCc3sccc3[C@H]2C)cc1F. The fourth-order valence-electron chi connectivity index (χ4n) is 2.68. The van der Waals surface area contributed by atoms with Crippen LogP contribution in [0.1, 0.15) is 39.3 Å². The second-order valence-corrected chi connectivity index (χ2v) is 6.19. The number of amides is 1. The Kier molecular flexibility index (Phi) is 3.34. The fourth-order valence-corrected chi connectivity index (χ4v) is 3.64. The van der Waals surface area contributed by atoms with Crippen molar-refractivity contribution in [2.75, 3.05) is 6.54 Å². The molecule has 1 amide bonds. The zero-order chi connectivity index (χ0) is 14.3. The van der Waals surface area contributed by atoms with Gasteiger partial charge >= 0.3 is 0 Å². The Morgan fingerprint density at radius 1 is 1.40 bits per heavy atom. The molecule has 104 valence electrons. The number of nitrogens with zero attached hydrogens (tertiary/aromatic N) is 1. The highest BCUT2D eigenvalue weighted by atomic mass is 32.1. The predicted octanol–water partition coefficient (Wildman–Crippen LogP) is 3.96. The average Bonchev–Trinajstić information content (AvgIpc) is 2.91. The van der Waals surface area contributed by atoms with Crippen molar-refractivity contribution in [3.63, 3.8) is 0 Å². The molecule has 1 aromatic heterocycles. The molecule has 0 unspecified atom stereocenters. The number of benzene rings is 1. The summed E-state index contributed by atoms with van der Waals surface area (Å²) in [5, 5.41) is 2.07. The molecule has 0 aliphatic carbocycles. The van der Waals surface area contributed by atoms with Crippen LogP contribution in [0.3, 0.4) is 0 Å². The van der Waals surface area contributed by atoms with E-state index in [4.69, 9.17) is 0 Å². The molecule has 20 heavy (non-hydrogen) atoms. The zero-order valence-corrected chi connectivity index (χ0v) is 12.3. The van der Waals surface area contributed by atoms with Gasteiger partial charge in [0, 0.05) is 17.0 Å². The second-order valence-electron chi connectivity index (χ2n) is 5.19. The number of hydrogen-bond acceptors (Lipinski definition) is 2. The van der Waals surface area contributed by atoms with Crippen LogP contribution in [-0.2, 0) is 6.42 Å². The lowest BCUT2D eigenvalue weighted by Gasteiger charge is -2.33. The molecule has 0 spiro atoms. The van der Waals surface area contributed by atoms with Crippen molar-refractivity contribution in [2.24, 2.45) is 0 Å². The van der Waals surface area contributed by atoms with E-state index in [1.54, 1.807) is 30.4 Å². The summed E-state index contributed by atoms with van der Waals surface area (Å²) >= 11 is 1.75. The highest BCUT2D eigenvalue weighted by molar-refractivity contribution is 7.10. The Hall–Kier alpha value is -1.68. The van der Waals surface area contributed by atoms with Gasteiger partial charge in [-0.15, -0.1) is 11.3 Å². The number of aryl methyl sites for hydroxylation is 1. The van der Waals surface area contributed by atoms with Crippen LogP contribution in [0, 0.1) is 12.7 Å². The van der Waals surface area contributed by atoms with Gasteiger partial charge in [-0.05, 0) is 55.0 Å². The molecule has 0 radical (unpaired) electrons. The van der Waals surface area contributed by atoms with Gasteiger partial charge in [-0.3, -0.25) is 4.79 Å². The third kappa shape index (κ3) is 2.14. The lowest BCUT2D eigenvalue weighted by molar-refractivity contribution is 0.0679. The topological polar surface area (TPSA) is 20.3 Å². The summed E-state index contributed by atoms with van der Waals surface area (Å²) in [5.74, 6) is -0.412. The van der Waals surface area contributed by atoms with Crippen LogP contribution in [0.4, 0.5) is 4.39 Å². The van der Waals surface area contributed by atoms with Gasteiger partial charge in [-0.2, -0.15) is 0 Å². The lowest BCUT2D eigenvalue weighted by Crippen LogP contribution is -2.38. The van der Waals surface area contributed by atoms with E-state index in [-0.39, 0.29) is 17.8 Å². The third-order valence-corrected chi connectivity index (χ3v) is 4.95. The molecule has 0 N–H and O–H groups in total. The van der Waals surface area contributed by atoms with Crippen molar-refractivity contribution >= 4 is 17.2 Å². The number of rotatable bonds is 1. The van der Waals surface area contributed by atoms with Crippen LogP contribution >= 0.6 is 11.3 Å². The number of halogens is 1. The molecule has 0 saturated carbocycles. The summed E-state index contributed by atoms with van der Waals surface area (Å²) in [6.07, 6.45) is 0.886. The second kappa shape index (κ2) is 5.02. The Labute approximate surface area is 121 Å². The molecule has 2 aromatic rings. The minimum absolute atomic E-state index is 0.0573. The first-order valence-electron chi connectivity index (χ1n) is 6.71. The van der Waals surface area contributed by atoms with Crippen LogP contribution in [0.2, 0.25) is 0 Å². The highest BCUT2D eigenvalue weighted by Gasteiger charge is 2.29. The highest BCUT2D eigenvalue weighted by Crippen LogP contribution is 2.33. The average molecular weight is 289 g/mol. The molecular formula is C16H16FNOS. The number of carbonyl (C=O) groups is 1. The van der Waals surface area contributed by atoms with E-state index in [1.807, 2.05) is 11.8 Å². The standard InChI is InChI=1S/C16H16FNOS/c1-10-3-4-12(9-14(10)17)16(19)18-7-5-15-13(11(18)2)6-8-20-15/h3-4,6,8-9,11H,5,7H2,1-2H3/t11-/m1/s1. The van der Waals surface area contributed by atoms with E-state index >= 15 is 0 Å². The molecule has 3 rings (SSSR count). The quantitative estimate of drug-likeness (QED) is 0.778. The van der Waals surface area contributed by atoms with Crippen molar-refractivity contribution in [1.82, 2.24) is 4.90 Å². The summed E-state index contributed by atoms with van der Waals surface area (Å²) < 4.78 is 13.6. The monoisotopic (exact) mass is 289 g/mol. The lowest BCUT2D eigenvalue weighted by atomic mass is 10.00. The number of hydrogen-bond donors (Lipinski definition) is 0. The van der Waals surface area contributed by atoms with Gasteiger partial charge in [0.25, 0.3) is 5.91 Å². The molecule has 1 aliphatic heterocycles. The summed E-state index contributed by atoms with van der Waals surface area (Å²) in [6.45, 7) is 4.43. The van der Waals surface area contributed by atoms with E-state index in [1.165, 1.54) is 16.5 Å². The molecule has 2 nitrogen and oxygen atoms in total. The van der Waals surface area contributed by atoms with Gasteiger partial charge in [-0.25, -0.2) is 4.39 Å². The maximum absolute atomic E-state index is 13.6. The van der Waals surface area contributed by atoms with Crippen LogP contribution in [-0.4, -0.2) is 17.4 Å². The fraction of sp³-hybridized carbons (Fsp3) is 0.312. The molecule has 0 bridgehead atoms. The Morgan fingerprint density at radius 2 is 2.20 bits per heavy atom. The van der Waals surface area contributed by atoms with Gasteiger partial charge < -0.3 is 4.90 Å². The first-order valence-corrected chi connectivity index (χ1v) is 7.59. The third-order valence-electron chi connectivity index (χ3n) is 3.96. The van der Waals surface area contributed by atoms with Gasteiger partial charge in [0.05, 0.1) is 6.04 Å². The van der Waals surface area contributed by atoms with E-state index in [9.17, 15) is 9.18 Å². The minimum atomic E-state index is -0.322. The van der Waals surface area contributed by atoms with Gasteiger partial charge in [-0.1, -0.05) is 6.07 Å². The summed E-state index contributed by atoms with van der Waals surface area (Å²) in [4.78, 5) is 15.8. The van der Waals surface area contributed by atoms with Crippen LogP contribution in [0.5, 0.6) is 0 Å². The van der Waals surface area contributed by atoms with Crippen LogP contribution < -0.4 is 0 Å². The number of fused-ring (bicyclic) bond motifs is 1. The van der Waals surface area contributed by atoms with E-state index in [0.717, 1.165) is 6.42 Å². The maximum Gasteiger partial charge on any atom is 0.254 e. The molecule has 1 atom stereocenters. The van der Waals surface area contributed by atoms with E-state index < -0.39 is 0 Å². The summed E-state index contributed by atoms with van der Waals surface area (Å²) in [7, 11) is 0. The molecule has 2 heterocycles. The molecular weight excluding hydrogens is 273 g/mol. The minimum Gasteiger partial charge on any atom is -0.331 e. The summed E-state index contributed by atoms with van der Waals surface area (Å²) in [6, 6.07) is 6.85. The van der Waals surface area contributed by atoms with Gasteiger partial charge in [0.1, 0.15) is 5.82 Å². The van der Waals surface area contributed by atoms with Crippen molar-refractivity contribution in [3.05, 3.63) is 57.0 Å². The largest absolute Gasteiger partial charge is 0.331 e. The Bertz CT molecular complexity index is 664. The van der Waals surface area contributed by atoms with E-state index in [0.29, 0.717) is 17.7 Å². The zero-order valence-electron chi connectivity index (χ0n) is 11.5. The smallest absolute Gasteiger partial charge is 0.254 e. The maximum atomic E-state index is 13.6. The van der Waals surface area contributed by atoms with Crippen molar-refractivity contribution in [2.45, 2.75) is 26.3 Å². The normalized spacial score (nSPS) is 17.9. The molecule has 4 heteroatoms. The number of thiophene rings is 1. The molecule has 1 aliphatic rings. The van der Waals surface area contributed by atoms with Crippen LogP contribution in [0.25, 0.3) is 0 Å². The van der Waals surface area contributed by atoms with Gasteiger partial charge in [0.15, 0.2) is 0 Å². The van der Waals surface area contributed by atoms with Gasteiger partial charge in [0.2, 0.25) is 0 Å². The number of carbonyl (C=O) groups excluding carboxylic acids is 1. The van der Waals surface area contributed by atoms with Crippen LogP contribution in [0.15, 0.2) is 29.6 Å². The first kappa shape index (κ1) is 13.3. The van der Waals surface area contributed by atoms with Crippen molar-refractivity contribution in [3.8, 4) is 0 Å². The molecule has 0 saturated heterocycles. The first-order chi connectivity index (χ1) is 9.58. The molecule has 0 fully saturated rings. The van der Waals surface area contributed by atoms with Crippen molar-refractivity contribution in [1.29, 1.82) is 0 Å². The van der Waals surface area contributed by atoms with Crippen molar-refractivity contribution < 1.29 is 9.18 Å². The van der Waals surface area contributed by atoms with E-state index in [2.05, 4.69) is 11.4 Å². The Morgan fingerprint density at radius 3 is 2.95 bits per heavy atom.